The molecule has 3 heterocycles. The second-order valence-electron chi connectivity index (χ2n) is 8.60. The maximum atomic E-state index is 6.65. The Morgan fingerprint density at radius 3 is 2.59 bits per heavy atom. The molecule has 166 valence electrons. The van der Waals surface area contributed by atoms with Gasteiger partial charge in [0.1, 0.15) is 17.6 Å². The van der Waals surface area contributed by atoms with Gasteiger partial charge in [0, 0.05) is 30.7 Å². The third-order valence-electron chi connectivity index (χ3n) is 6.28. The predicted octanol–water partition coefficient (Wildman–Crippen LogP) is 4.76. The molecule has 1 N–H and O–H groups in total. The van der Waals surface area contributed by atoms with Gasteiger partial charge in [0.15, 0.2) is 5.82 Å². The molecule has 0 radical (unpaired) electrons. The number of fused-ring (bicyclic) bond motifs is 1. The van der Waals surface area contributed by atoms with Gasteiger partial charge in [-0.3, -0.25) is 4.98 Å². The van der Waals surface area contributed by atoms with Crippen LogP contribution in [0.15, 0.2) is 54.7 Å². The number of anilines is 1. The molecule has 1 saturated heterocycles. The van der Waals surface area contributed by atoms with Crippen molar-refractivity contribution in [2.75, 3.05) is 18.5 Å². The fourth-order valence-electron chi connectivity index (χ4n) is 4.60. The van der Waals surface area contributed by atoms with E-state index in [1.54, 1.807) is 6.20 Å². The second-order valence-corrected chi connectivity index (χ2v) is 8.60. The van der Waals surface area contributed by atoms with Crippen LogP contribution in [0, 0.1) is 0 Å². The number of pyridine rings is 1. The Bertz CT molecular complexity index is 1020. The fraction of sp³-hybridized carbons (Fsp3) is 0.423. The van der Waals surface area contributed by atoms with Crippen LogP contribution in [0.1, 0.15) is 49.1 Å². The zero-order valence-corrected chi connectivity index (χ0v) is 18.5. The molecule has 5 rings (SSSR count). The molecule has 2 aromatic heterocycles. The second kappa shape index (κ2) is 9.76. The summed E-state index contributed by atoms with van der Waals surface area (Å²) in [5.41, 5.74) is 4.34. The summed E-state index contributed by atoms with van der Waals surface area (Å²) >= 11 is 0. The summed E-state index contributed by atoms with van der Waals surface area (Å²) in [6.45, 7) is 3.71. The van der Waals surface area contributed by atoms with Gasteiger partial charge in [-0.2, -0.15) is 0 Å². The lowest BCUT2D eigenvalue weighted by molar-refractivity contribution is -0.0739. The topological polar surface area (TPSA) is 69.2 Å². The number of nitrogens with zero attached hydrogens (tertiary/aromatic N) is 3. The Morgan fingerprint density at radius 1 is 1.00 bits per heavy atom. The van der Waals surface area contributed by atoms with Crippen molar-refractivity contribution in [1.29, 1.82) is 0 Å². The molecule has 0 bridgehead atoms. The number of hydrogen-bond donors (Lipinski definition) is 1. The minimum absolute atomic E-state index is 0.0384. The monoisotopic (exact) mass is 430 g/mol. The van der Waals surface area contributed by atoms with Gasteiger partial charge in [0.2, 0.25) is 0 Å². The molecular formula is C26H30N4O2. The molecule has 1 aromatic carbocycles. The van der Waals surface area contributed by atoms with Crippen molar-refractivity contribution in [1.82, 2.24) is 15.0 Å². The first-order chi connectivity index (χ1) is 15.8. The van der Waals surface area contributed by atoms with Crippen LogP contribution in [-0.4, -0.2) is 40.3 Å². The van der Waals surface area contributed by atoms with Gasteiger partial charge in [-0.15, -0.1) is 0 Å². The molecule has 1 fully saturated rings. The van der Waals surface area contributed by atoms with Gasteiger partial charge in [-0.05, 0) is 56.7 Å². The first-order valence-electron chi connectivity index (χ1n) is 11.6. The van der Waals surface area contributed by atoms with Gasteiger partial charge in [0.25, 0.3) is 0 Å². The summed E-state index contributed by atoms with van der Waals surface area (Å²) in [7, 11) is 0. The van der Waals surface area contributed by atoms with Crippen LogP contribution in [0.2, 0.25) is 0 Å². The first-order valence-corrected chi connectivity index (χ1v) is 11.6. The van der Waals surface area contributed by atoms with Crippen molar-refractivity contribution >= 4 is 5.82 Å². The zero-order valence-electron chi connectivity index (χ0n) is 18.5. The normalized spacial score (nSPS) is 18.2. The van der Waals surface area contributed by atoms with Crippen molar-refractivity contribution in [3.8, 4) is 11.5 Å². The predicted molar refractivity (Wildman–Crippen MR) is 124 cm³/mol. The average molecular weight is 431 g/mol. The molecule has 0 spiro atoms. The fourth-order valence-corrected chi connectivity index (χ4v) is 4.60. The molecule has 2 unspecified atom stereocenters. The highest BCUT2D eigenvalue weighted by Gasteiger charge is 2.28. The van der Waals surface area contributed by atoms with Gasteiger partial charge < -0.3 is 14.8 Å². The SMILES string of the molecule is CC(Nc1nc(-c2ccccn2)nc2c1CCC2)C(OC1CCOCC1)c1ccccc1. The highest BCUT2D eigenvalue weighted by atomic mass is 16.5. The lowest BCUT2D eigenvalue weighted by Crippen LogP contribution is -2.33. The number of benzene rings is 1. The molecule has 0 saturated carbocycles. The van der Waals surface area contributed by atoms with Crippen molar-refractivity contribution in [2.45, 2.75) is 57.3 Å². The van der Waals surface area contributed by atoms with Crippen molar-refractivity contribution < 1.29 is 9.47 Å². The Kier molecular flexibility index (Phi) is 6.41. The Labute approximate surface area is 189 Å². The average Bonchev–Trinajstić information content (AvgIpc) is 3.33. The van der Waals surface area contributed by atoms with Crippen LogP contribution in [0.5, 0.6) is 0 Å². The molecule has 1 aliphatic heterocycles. The van der Waals surface area contributed by atoms with Crippen molar-refractivity contribution in [3.63, 3.8) is 0 Å². The van der Waals surface area contributed by atoms with Crippen LogP contribution in [0.3, 0.4) is 0 Å². The number of nitrogens with one attached hydrogen (secondary N) is 1. The zero-order chi connectivity index (χ0) is 21.8. The lowest BCUT2D eigenvalue weighted by atomic mass is 10.0. The molecule has 6 nitrogen and oxygen atoms in total. The third kappa shape index (κ3) is 4.66. The molecular weight excluding hydrogens is 400 g/mol. The van der Waals surface area contributed by atoms with E-state index in [0.29, 0.717) is 5.82 Å². The van der Waals surface area contributed by atoms with Crippen LogP contribution < -0.4 is 5.32 Å². The summed E-state index contributed by atoms with van der Waals surface area (Å²) in [5, 5.41) is 3.71. The number of ether oxygens (including phenoxy) is 2. The third-order valence-corrected chi connectivity index (χ3v) is 6.28. The van der Waals surface area contributed by atoms with E-state index in [9.17, 15) is 0 Å². The summed E-state index contributed by atoms with van der Waals surface area (Å²) in [6.07, 6.45) is 6.88. The molecule has 32 heavy (non-hydrogen) atoms. The molecule has 2 atom stereocenters. The number of rotatable bonds is 7. The standard InChI is InChI=1S/C26H30N4O2/c1-18(24(19-8-3-2-4-9-19)32-20-13-16-31-17-14-20)28-25-21-10-7-12-22(21)29-26(30-25)23-11-5-6-15-27-23/h2-6,8-9,11,15,18,20,24H,7,10,12-14,16-17H2,1H3,(H,28,29,30). The quantitative estimate of drug-likeness (QED) is 0.583. The summed E-state index contributed by atoms with van der Waals surface area (Å²) in [6, 6.07) is 16.4. The summed E-state index contributed by atoms with van der Waals surface area (Å²) in [4.78, 5) is 14.2. The minimum Gasteiger partial charge on any atom is -0.381 e. The van der Waals surface area contributed by atoms with Gasteiger partial charge in [-0.25, -0.2) is 9.97 Å². The van der Waals surface area contributed by atoms with Crippen LogP contribution >= 0.6 is 0 Å². The Hall–Kier alpha value is -2.83. The highest BCUT2D eigenvalue weighted by molar-refractivity contribution is 5.58. The van der Waals surface area contributed by atoms with E-state index in [-0.39, 0.29) is 18.2 Å². The lowest BCUT2D eigenvalue weighted by Gasteiger charge is -2.32. The van der Waals surface area contributed by atoms with E-state index in [2.05, 4.69) is 41.5 Å². The molecule has 3 aromatic rings. The number of aryl methyl sites for hydroxylation is 1. The van der Waals surface area contributed by atoms with Gasteiger partial charge in [-0.1, -0.05) is 36.4 Å². The molecule has 0 amide bonds. The molecule has 6 heteroatoms. The summed E-state index contributed by atoms with van der Waals surface area (Å²) in [5.74, 6) is 1.60. The maximum Gasteiger partial charge on any atom is 0.180 e. The first kappa shape index (κ1) is 21.0. The maximum absolute atomic E-state index is 6.65. The number of hydrogen-bond acceptors (Lipinski definition) is 6. The van der Waals surface area contributed by atoms with Crippen LogP contribution in [0.25, 0.3) is 11.5 Å². The van der Waals surface area contributed by atoms with E-state index in [0.717, 1.165) is 62.5 Å². The molecule has 1 aliphatic carbocycles. The van der Waals surface area contributed by atoms with E-state index in [4.69, 9.17) is 19.4 Å². The largest absolute Gasteiger partial charge is 0.381 e. The minimum atomic E-state index is -0.0791. The van der Waals surface area contributed by atoms with Crippen molar-refractivity contribution in [3.05, 3.63) is 71.5 Å². The smallest absolute Gasteiger partial charge is 0.180 e. The molecule has 2 aliphatic rings. The van der Waals surface area contributed by atoms with Gasteiger partial charge in [0.05, 0.1) is 12.1 Å². The van der Waals surface area contributed by atoms with Crippen LogP contribution in [-0.2, 0) is 22.3 Å². The Morgan fingerprint density at radius 2 is 1.81 bits per heavy atom. The summed E-state index contributed by atoms with van der Waals surface area (Å²) < 4.78 is 12.2. The van der Waals surface area contributed by atoms with E-state index >= 15 is 0 Å². The van der Waals surface area contributed by atoms with E-state index < -0.39 is 0 Å². The van der Waals surface area contributed by atoms with E-state index in [1.165, 1.54) is 11.1 Å². The highest BCUT2D eigenvalue weighted by Crippen LogP contribution is 2.32. The van der Waals surface area contributed by atoms with Crippen LogP contribution in [0.4, 0.5) is 5.82 Å². The number of aromatic nitrogens is 3. The van der Waals surface area contributed by atoms with E-state index in [1.807, 2.05) is 24.3 Å². The van der Waals surface area contributed by atoms with Gasteiger partial charge >= 0.3 is 0 Å². The Balaban J connectivity index is 1.44. The van der Waals surface area contributed by atoms with Crippen molar-refractivity contribution in [2.24, 2.45) is 0 Å².